The number of halogens is 1. The van der Waals surface area contributed by atoms with Crippen LogP contribution in [0.5, 0.6) is 5.75 Å². The van der Waals surface area contributed by atoms with Crippen LogP contribution in [-0.4, -0.2) is 13.2 Å². The fraction of sp³-hybridized carbons (Fsp3) is 0.571. The fourth-order valence-corrected chi connectivity index (χ4v) is 2.17. The second kappa shape index (κ2) is 6.60. The maximum atomic E-state index is 13.5. The van der Waals surface area contributed by atoms with Gasteiger partial charge in [0, 0.05) is 6.04 Å². The second-order valence-electron chi connectivity index (χ2n) is 4.41. The Bertz CT molecular complexity index is 350. The first-order chi connectivity index (χ1) is 8.12. The van der Waals surface area contributed by atoms with Crippen molar-refractivity contribution in [1.82, 2.24) is 0 Å². The molecule has 2 nitrogen and oxygen atoms in total. The highest BCUT2D eigenvalue weighted by molar-refractivity contribution is 5.29. The average Bonchev–Trinajstić information content (AvgIpc) is 2.31. The Hall–Kier alpha value is -1.09. The van der Waals surface area contributed by atoms with E-state index in [1.54, 1.807) is 6.07 Å². The molecule has 1 aromatic rings. The molecular weight excluding hydrogens is 217 g/mol. The van der Waals surface area contributed by atoms with E-state index >= 15 is 0 Å². The maximum Gasteiger partial charge on any atom is 0.165 e. The molecule has 1 rings (SSSR count). The molecule has 96 valence electrons. The molecule has 0 aromatic heterocycles. The first-order valence-electron chi connectivity index (χ1n) is 6.20. The van der Waals surface area contributed by atoms with Gasteiger partial charge in [0.05, 0.1) is 7.11 Å². The number of nitrogens with two attached hydrogens (primary N) is 1. The number of ether oxygens (including phenoxy) is 1. The second-order valence-corrected chi connectivity index (χ2v) is 4.41. The first kappa shape index (κ1) is 14.0. The van der Waals surface area contributed by atoms with Crippen LogP contribution in [0.25, 0.3) is 0 Å². The molecule has 1 unspecified atom stereocenters. The lowest BCUT2D eigenvalue weighted by molar-refractivity contribution is 0.382. The monoisotopic (exact) mass is 239 g/mol. The number of rotatable bonds is 6. The fourth-order valence-electron chi connectivity index (χ4n) is 2.17. The summed E-state index contributed by atoms with van der Waals surface area (Å²) in [5.41, 5.74) is 7.07. The van der Waals surface area contributed by atoms with Crippen LogP contribution in [0.15, 0.2) is 18.2 Å². The lowest BCUT2D eigenvalue weighted by atomic mass is 9.90. The first-order valence-corrected chi connectivity index (χ1v) is 6.20. The van der Waals surface area contributed by atoms with Gasteiger partial charge < -0.3 is 10.5 Å². The van der Waals surface area contributed by atoms with Gasteiger partial charge in [-0.15, -0.1) is 0 Å². The van der Waals surface area contributed by atoms with Gasteiger partial charge >= 0.3 is 0 Å². The van der Waals surface area contributed by atoms with Crippen LogP contribution in [0.2, 0.25) is 0 Å². The standard InChI is InChI=1S/C14H22FNO/c1-4-11(5-2)13(16)9-10-6-7-14(17-3)12(15)8-10/h6-8,11,13H,4-5,9,16H2,1-3H3. The van der Waals surface area contributed by atoms with Crippen molar-refractivity contribution in [1.29, 1.82) is 0 Å². The highest BCUT2D eigenvalue weighted by Gasteiger charge is 2.15. The summed E-state index contributed by atoms with van der Waals surface area (Å²) in [6, 6.07) is 5.15. The molecule has 17 heavy (non-hydrogen) atoms. The van der Waals surface area contributed by atoms with E-state index in [-0.39, 0.29) is 17.6 Å². The molecular formula is C14H22FNO. The van der Waals surface area contributed by atoms with E-state index in [9.17, 15) is 4.39 Å². The van der Waals surface area contributed by atoms with Crippen molar-refractivity contribution in [3.05, 3.63) is 29.6 Å². The third-order valence-corrected chi connectivity index (χ3v) is 3.34. The number of benzene rings is 1. The molecule has 0 spiro atoms. The van der Waals surface area contributed by atoms with Gasteiger partial charge in [-0.05, 0) is 30.0 Å². The Balaban J connectivity index is 2.71. The van der Waals surface area contributed by atoms with Crippen LogP contribution in [0.4, 0.5) is 4.39 Å². The van der Waals surface area contributed by atoms with Crippen molar-refractivity contribution in [3.63, 3.8) is 0 Å². The molecule has 1 atom stereocenters. The molecule has 0 saturated carbocycles. The molecule has 0 amide bonds. The van der Waals surface area contributed by atoms with E-state index in [1.165, 1.54) is 13.2 Å². The SMILES string of the molecule is CCC(CC)C(N)Cc1ccc(OC)c(F)c1. The highest BCUT2D eigenvalue weighted by atomic mass is 19.1. The van der Waals surface area contributed by atoms with Crippen molar-refractivity contribution in [2.45, 2.75) is 39.2 Å². The van der Waals surface area contributed by atoms with E-state index in [1.807, 2.05) is 6.07 Å². The molecule has 0 aliphatic heterocycles. The summed E-state index contributed by atoms with van der Waals surface area (Å²) in [5, 5.41) is 0. The lowest BCUT2D eigenvalue weighted by Gasteiger charge is -2.21. The van der Waals surface area contributed by atoms with Gasteiger partial charge in [0.25, 0.3) is 0 Å². The van der Waals surface area contributed by atoms with Crippen molar-refractivity contribution in [2.24, 2.45) is 11.7 Å². The van der Waals surface area contributed by atoms with Crippen LogP contribution in [0, 0.1) is 11.7 Å². The normalized spacial score (nSPS) is 12.8. The van der Waals surface area contributed by atoms with Crippen molar-refractivity contribution in [2.75, 3.05) is 7.11 Å². The summed E-state index contributed by atoms with van der Waals surface area (Å²) in [4.78, 5) is 0. The Morgan fingerprint density at radius 1 is 1.29 bits per heavy atom. The average molecular weight is 239 g/mol. The van der Waals surface area contributed by atoms with Gasteiger partial charge in [0.2, 0.25) is 0 Å². The molecule has 0 bridgehead atoms. The molecule has 0 aliphatic carbocycles. The molecule has 0 saturated heterocycles. The van der Waals surface area contributed by atoms with Crippen molar-refractivity contribution in [3.8, 4) is 5.75 Å². The molecule has 3 heteroatoms. The van der Waals surface area contributed by atoms with Gasteiger partial charge in [0.1, 0.15) is 0 Å². The van der Waals surface area contributed by atoms with Crippen molar-refractivity contribution >= 4 is 0 Å². The Morgan fingerprint density at radius 3 is 2.41 bits per heavy atom. The minimum Gasteiger partial charge on any atom is -0.494 e. The van der Waals surface area contributed by atoms with E-state index in [4.69, 9.17) is 10.5 Å². The number of hydrogen-bond donors (Lipinski definition) is 1. The molecule has 2 N–H and O–H groups in total. The Morgan fingerprint density at radius 2 is 1.94 bits per heavy atom. The van der Waals surface area contributed by atoms with Crippen molar-refractivity contribution < 1.29 is 9.13 Å². The third kappa shape index (κ3) is 3.70. The molecule has 0 aliphatic rings. The zero-order valence-electron chi connectivity index (χ0n) is 10.9. The van der Waals surface area contributed by atoms with Crippen LogP contribution in [0.1, 0.15) is 32.3 Å². The smallest absolute Gasteiger partial charge is 0.165 e. The van der Waals surface area contributed by atoms with Crippen LogP contribution >= 0.6 is 0 Å². The van der Waals surface area contributed by atoms with Gasteiger partial charge in [-0.1, -0.05) is 32.8 Å². The maximum absolute atomic E-state index is 13.5. The minimum absolute atomic E-state index is 0.0952. The summed E-state index contributed by atoms with van der Waals surface area (Å²) in [6.07, 6.45) is 2.85. The predicted octanol–water partition coefficient (Wildman–Crippen LogP) is 3.14. The zero-order chi connectivity index (χ0) is 12.8. The van der Waals surface area contributed by atoms with Crippen LogP contribution < -0.4 is 10.5 Å². The van der Waals surface area contributed by atoms with E-state index in [0.29, 0.717) is 12.3 Å². The number of hydrogen-bond acceptors (Lipinski definition) is 2. The summed E-state index contributed by atoms with van der Waals surface area (Å²) in [7, 11) is 1.47. The topological polar surface area (TPSA) is 35.2 Å². The largest absolute Gasteiger partial charge is 0.494 e. The summed E-state index contributed by atoms with van der Waals surface area (Å²) >= 11 is 0. The van der Waals surface area contributed by atoms with E-state index in [2.05, 4.69) is 13.8 Å². The summed E-state index contributed by atoms with van der Waals surface area (Å²) in [6.45, 7) is 4.28. The quantitative estimate of drug-likeness (QED) is 0.827. The number of methoxy groups -OCH3 is 1. The van der Waals surface area contributed by atoms with Gasteiger partial charge in [-0.2, -0.15) is 0 Å². The molecule has 1 aromatic carbocycles. The zero-order valence-corrected chi connectivity index (χ0v) is 10.9. The lowest BCUT2D eigenvalue weighted by Crippen LogP contribution is -2.31. The molecule has 0 fully saturated rings. The predicted molar refractivity (Wildman–Crippen MR) is 68.7 cm³/mol. The van der Waals surface area contributed by atoms with E-state index in [0.717, 1.165) is 18.4 Å². The third-order valence-electron chi connectivity index (χ3n) is 3.34. The minimum atomic E-state index is -0.318. The van der Waals surface area contributed by atoms with Gasteiger partial charge in [-0.3, -0.25) is 0 Å². The van der Waals surface area contributed by atoms with Gasteiger partial charge in [-0.25, -0.2) is 4.39 Å². The van der Waals surface area contributed by atoms with Crippen LogP contribution in [-0.2, 0) is 6.42 Å². The van der Waals surface area contributed by atoms with Gasteiger partial charge in [0.15, 0.2) is 11.6 Å². The Kier molecular flexibility index (Phi) is 5.42. The molecule has 0 heterocycles. The Labute approximate surface area is 103 Å². The van der Waals surface area contributed by atoms with E-state index < -0.39 is 0 Å². The highest BCUT2D eigenvalue weighted by Crippen LogP contribution is 2.20. The summed E-state index contributed by atoms with van der Waals surface area (Å²) in [5.74, 6) is 0.465. The molecule has 0 radical (unpaired) electrons. The van der Waals surface area contributed by atoms with Crippen LogP contribution in [0.3, 0.4) is 0 Å². The summed E-state index contributed by atoms with van der Waals surface area (Å²) < 4.78 is 18.4.